The lowest BCUT2D eigenvalue weighted by Gasteiger charge is -2.08. The summed E-state index contributed by atoms with van der Waals surface area (Å²) in [5, 5.41) is 5.54. The van der Waals surface area contributed by atoms with Crippen molar-refractivity contribution in [2.45, 2.75) is 0 Å². The van der Waals surface area contributed by atoms with Crippen LogP contribution in [-0.4, -0.2) is 11.8 Å². The molecule has 4 nitrogen and oxygen atoms in total. The van der Waals surface area contributed by atoms with Gasteiger partial charge in [-0.05, 0) is 54.6 Å². The summed E-state index contributed by atoms with van der Waals surface area (Å²) in [7, 11) is 0. The molecule has 0 heterocycles. The molecule has 0 saturated carbocycles. The zero-order valence-electron chi connectivity index (χ0n) is 13.8. The number of carbonyl (C=O) groups is 2. The van der Waals surface area contributed by atoms with Crippen molar-refractivity contribution in [3.8, 4) is 0 Å². The predicted octanol–water partition coefficient (Wildman–Crippen LogP) is 5.12. The molecule has 0 aliphatic heterocycles. The fraction of sp³-hybridized carbons (Fsp3) is 0. The summed E-state index contributed by atoms with van der Waals surface area (Å²) in [5.41, 5.74) is 0.961. The van der Waals surface area contributed by atoms with Gasteiger partial charge in [0.05, 0.1) is 5.69 Å². The average molecular weight is 387 g/mol. The second-order valence-electron chi connectivity index (χ2n) is 5.62. The standard InChI is InChI=1S/C20H13ClF2N2O2/c21-14-2-1-3-16(10-14)24-19(26)12-4-6-13(7-5-12)20(27)25-18-9-8-15(22)11-17(18)23/h1-11H,(H,24,26)(H,25,27). The van der Waals surface area contributed by atoms with Gasteiger partial charge in [0.15, 0.2) is 0 Å². The van der Waals surface area contributed by atoms with Crippen molar-refractivity contribution >= 4 is 34.8 Å². The van der Waals surface area contributed by atoms with Crippen molar-refractivity contribution in [1.29, 1.82) is 0 Å². The Kier molecular flexibility index (Phi) is 5.47. The molecule has 3 aromatic carbocycles. The van der Waals surface area contributed by atoms with Crippen molar-refractivity contribution < 1.29 is 18.4 Å². The van der Waals surface area contributed by atoms with E-state index in [0.717, 1.165) is 12.1 Å². The minimum atomic E-state index is -0.874. The zero-order chi connectivity index (χ0) is 19.4. The lowest BCUT2D eigenvalue weighted by molar-refractivity contribution is 0.101. The second kappa shape index (κ2) is 7.97. The van der Waals surface area contributed by atoms with Crippen molar-refractivity contribution in [3.05, 3.63) is 94.5 Å². The molecule has 27 heavy (non-hydrogen) atoms. The molecule has 0 unspecified atom stereocenters. The van der Waals surface area contributed by atoms with Crippen LogP contribution in [0.25, 0.3) is 0 Å². The van der Waals surface area contributed by atoms with Gasteiger partial charge in [0.2, 0.25) is 0 Å². The van der Waals surface area contributed by atoms with Gasteiger partial charge in [-0.3, -0.25) is 9.59 Å². The van der Waals surface area contributed by atoms with Crippen LogP contribution < -0.4 is 10.6 Å². The largest absolute Gasteiger partial charge is 0.322 e. The first-order valence-corrected chi connectivity index (χ1v) is 8.23. The Labute approximate surface area is 158 Å². The molecule has 2 amide bonds. The maximum atomic E-state index is 13.6. The maximum Gasteiger partial charge on any atom is 0.255 e. The van der Waals surface area contributed by atoms with Gasteiger partial charge in [-0.2, -0.15) is 0 Å². The van der Waals surface area contributed by atoms with Crippen molar-refractivity contribution in [3.63, 3.8) is 0 Å². The number of hydrogen-bond donors (Lipinski definition) is 2. The van der Waals surface area contributed by atoms with Gasteiger partial charge in [0.25, 0.3) is 11.8 Å². The van der Waals surface area contributed by atoms with E-state index in [4.69, 9.17) is 11.6 Å². The van der Waals surface area contributed by atoms with Crippen molar-refractivity contribution in [2.75, 3.05) is 10.6 Å². The van der Waals surface area contributed by atoms with E-state index in [2.05, 4.69) is 10.6 Å². The third-order valence-electron chi connectivity index (χ3n) is 3.67. The monoisotopic (exact) mass is 386 g/mol. The number of rotatable bonds is 4. The molecule has 0 spiro atoms. The molecule has 0 aromatic heterocycles. The third kappa shape index (κ3) is 4.68. The lowest BCUT2D eigenvalue weighted by Crippen LogP contribution is -2.15. The molecule has 0 atom stereocenters. The van der Waals surface area contributed by atoms with Gasteiger partial charge in [0.1, 0.15) is 11.6 Å². The first-order valence-electron chi connectivity index (χ1n) is 7.86. The summed E-state index contributed by atoms with van der Waals surface area (Å²) in [5.74, 6) is -2.56. The maximum absolute atomic E-state index is 13.6. The van der Waals surface area contributed by atoms with Crippen LogP contribution in [0.3, 0.4) is 0 Å². The molecule has 3 aromatic rings. The van der Waals surface area contributed by atoms with Gasteiger partial charge in [0, 0.05) is 27.9 Å². The summed E-state index contributed by atoms with van der Waals surface area (Å²) in [6, 6.07) is 15.4. The van der Waals surface area contributed by atoms with Crippen molar-refractivity contribution in [2.24, 2.45) is 0 Å². The third-order valence-corrected chi connectivity index (χ3v) is 3.91. The molecule has 136 valence electrons. The topological polar surface area (TPSA) is 58.2 Å². The number of halogens is 3. The van der Waals surface area contributed by atoms with Gasteiger partial charge in [-0.1, -0.05) is 17.7 Å². The molecular formula is C20H13ClF2N2O2. The van der Waals surface area contributed by atoms with Gasteiger partial charge >= 0.3 is 0 Å². The summed E-state index contributed by atoms with van der Waals surface area (Å²) < 4.78 is 26.5. The number of anilines is 2. The Bertz CT molecular complexity index is 1010. The van der Waals surface area contributed by atoms with Gasteiger partial charge in [-0.25, -0.2) is 8.78 Å². The molecule has 0 aliphatic rings. The molecule has 7 heteroatoms. The minimum absolute atomic E-state index is 0.135. The number of nitrogens with one attached hydrogen (secondary N) is 2. The second-order valence-corrected chi connectivity index (χ2v) is 6.06. The molecule has 0 aliphatic carbocycles. The zero-order valence-corrected chi connectivity index (χ0v) is 14.6. The smallest absolute Gasteiger partial charge is 0.255 e. The highest BCUT2D eigenvalue weighted by Gasteiger charge is 2.12. The normalized spacial score (nSPS) is 10.3. The van der Waals surface area contributed by atoms with E-state index in [9.17, 15) is 18.4 Å². The van der Waals surface area contributed by atoms with Crippen LogP contribution in [0.2, 0.25) is 5.02 Å². The highest BCUT2D eigenvalue weighted by atomic mass is 35.5. The number of carbonyl (C=O) groups excluding carboxylic acids is 2. The summed E-state index contributed by atoms with van der Waals surface area (Å²) in [6.07, 6.45) is 0. The van der Waals surface area contributed by atoms with Crippen LogP contribution >= 0.6 is 11.6 Å². The Balaban J connectivity index is 1.69. The van der Waals surface area contributed by atoms with E-state index < -0.39 is 17.5 Å². The highest BCUT2D eigenvalue weighted by Crippen LogP contribution is 2.18. The highest BCUT2D eigenvalue weighted by molar-refractivity contribution is 6.31. The van der Waals surface area contributed by atoms with Crippen LogP contribution in [0, 0.1) is 11.6 Å². The lowest BCUT2D eigenvalue weighted by atomic mass is 10.1. The van der Waals surface area contributed by atoms with E-state index in [1.54, 1.807) is 24.3 Å². The van der Waals surface area contributed by atoms with Crippen LogP contribution in [-0.2, 0) is 0 Å². The minimum Gasteiger partial charge on any atom is -0.322 e. The van der Waals surface area contributed by atoms with E-state index in [1.165, 1.54) is 24.3 Å². The van der Waals surface area contributed by atoms with Gasteiger partial charge < -0.3 is 10.6 Å². The predicted molar refractivity (Wildman–Crippen MR) is 100 cm³/mol. The first kappa shape index (κ1) is 18.5. The number of amides is 2. The van der Waals surface area contributed by atoms with Crippen molar-refractivity contribution in [1.82, 2.24) is 0 Å². The van der Waals surface area contributed by atoms with Crippen LogP contribution in [0.4, 0.5) is 20.2 Å². The van der Waals surface area contributed by atoms with E-state index in [-0.39, 0.29) is 17.2 Å². The molecule has 0 saturated heterocycles. The fourth-order valence-corrected chi connectivity index (χ4v) is 2.52. The Morgan fingerprint density at radius 1 is 0.778 bits per heavy atom. The molecule has 2 N–H and O–H groups in total. The summed E-state index contributed by atoms with van der Waals surface area (Å²) in [4.78, 5) is 24.4. The Morgan fingerprint density at radius 3 is 2.00 bits per heavy atom. The van der Waals surface area contributed by atoms with E-state index in [0.29, 0.717) is 22.3 Å². The molecule has 0 fully saturated rings. The summed E-state index contributed by atoms with van der Waals surface area (Å²) >= 11 is 5.87. The summed E-state index contributed by atoms with van der Waals surface area (Å²) in [6.45, 7) is 0. The fourth-order valence-electron chi connectivity index (χ4n) is 2.33. The first-order chi connectivity index (χ1) is 12.9. The van der Waals surface area contributed by atoms with Crippen LogP contribution in [0.15, 0.2) is 66.7 Å². The van der Waals surface area contributed by atoms with E-state index >= 15 is 0 Å². The Morgan fingerprint density at radius 2 is 1.41 bits per heavy atom. The quantitative estimate of drug-likeness (QED) is 0.653. The molecule has 3 rings (SSSR count). The van der Waals surface area contributed by atoms with E-state index in [1.807, 2.05) is 0 Å². The molecular weight excluding hydrogens is 374 g/mol. The van der Waals surface area contributed by atoms with Crippen LogP contribution in [0.5, 0.6) is 0 Å². The van der Waals surface area contributed by atoms with Gasteiger partial charge in [-0.15, -0.1) is 0 Å². The average Bonchev–Trinajstić information content (AvgIpc) is 2.64. The molecule has 0 radical (unpaired) electrons. The Hall–Kier alpha value is -3.25. The number of benzene rings is 3. The SMILES string of the molecule is O=C(Nc1cccc(Cl)c1)c1ccc(C(=O)Nc2ccc(F)cc2F)cc1. The van der Waals surface area contributed by atoms with Crippen LogP contribution in [0.1, 0.15) is 20.7 Å². The number of hydrogen-bond acceptors (Lipinski definition) is 2. The molecule has 0 bridgehead atoms.